The summed E-state index contributed by atoms with van der Waals surface area (Å²) in [7, 11) is 0. The van der Waals surface area contributed by atoms with Crippen molar-refractivity contribution >= 4 is 17.8 Å². The number of benzene rings is 1. The van der Waals surface area contributed by atoms with E-state index in [0.717, 1.165) is 5.56 Å². The summed E-state index contributed by atoms with van der Waals surface area (Å²) in [6, 6.07) is 7.96. The molecule has 1 aromatic heterocycles. The molecule has 3 rings (SSSR count). The van der Waals surface area contributed by atoms with Gasteiger partial charge >= 0.3 is 5.97 Å². The van der Waals surface area contributed by atoms with Crippen LogP contribution in [0.2, 0.25) is 0 Å². The molecular weight excluding hydrogens is 352 g/mol. The van der Waals surface area contributed by atoms with Gasteiger partial charge in [0.05, 0.1) is 13.0 Å². The Kier molecular flexibility index (Phi) is 5.82. The topological polar surface area (TPSA) is 122 Å². The molecule has 2 unspecified atom stereocenters. The van der Waals surface area contributed by atoms with Crippen LogP contribution in [-0.4, -0.2) is 46.1 Å². The van der Waals surface area contributed by atoms with Crippen molar-refractivity contribution in [1.29, 1.82) is 0 Å². The smallest absolute Gasteiger partial charge is 0.310 e. The van der Waals surface area contributed by atoms with Crippen molar-refractivity contribution in [3.8, 4) is 0 Å². The van der Waals surface area contributed by atoms with Crippen molar-refractivity contribution < 1.29 is 23.9 Å². The summed E-state index contributed by atoms with van der Waals surface area (Å²) in [5.74, 6) is -1.30. The molecule has 2 heterocycles. The molecule has 142 valence electrons. The third kappa shape index (κ3) is 4.91. The number of ether oxygens (including phenoxy) is 2. The Hall–Kier alpha value is -3.20. The van der Waals surface area contributed by atoms with E-state index in [2.05, 4.69) is 20.6 Å². The zero-order valence-corrected chi connectivity index (χ0v) is 14.7. The molecule has 3 atom stereocenters. The van der Waals surface area contributed by atoms with Crippen LogP contribution in [0.5, 0.6) is 0 Å². The van der Waals surface area contributed by atoms with Gasteiger partial charge in [0.15, 0.2) is 5.82 Å². The molecule has 1 saturated heterocycles. The number of carbonyl (C=O) groups excluding carboxylic acids is 3. The molecule has 1 aromatic carbocycles. The molecule has 2 amide bonds. The number of amides is 2. The van der Waals surface area contributed by atoms with Crippen molar-refractivity contribution in [3.63, 3.8) is 0 Å². The van der Waals surface area contributed by atoms with Crippen molar-refractivity contribution in [2.75, 3.05) is 0 Å². The number of esters is 1. The lowest BCUT2D eigenvalue weighted by Crippen LogP contribution is -2.50. The fourth-order valence-electron chi connectivity index (χ4n) is 2.59. The largest absolute Gasteiger partial charge is 0.433 e. The first-order valence-corrected chi connectivity index (χ1v) is 8.48. The van der Waals surface area contributed by atoms with Gasteiger partial charge in [-0.2, -0.15) is 0 Å². The van der Waals surface area contributed by atoms with E-state index >= 15 is 0 Å². The predicted octanol–water partition coefficient (Wildman–Crippen LogP) is 0.503. The van der Waals surface area contributed by atoms with E-state index in [0.29, 0.717) is 0 Å². The zero-order chi connectivity index (χ0) is 19.2. The van der Waals surface area contributed by atoms with Gasteiger partial charge in [0.1, 0.15) is 12.1 Å². The molecule has 3 N–H and O–H groups in total. The van der Waals surface area contributed by atoms with Gasteiger partial charge in [0.2, 0.25) is 12.2 Å². The van der Waals surface area contributed by atoms with Gasteiger partial charge in [0, 0.05) is 12.4 Å². The summed E-state index contributed by atoms with van der Waals surface area (Å²) >= 11 is 0. The number of nitrogens with one attached hydrogen (secondary N) is 3. The molecule has 2 aromatic rings. The third-order valence-electron chi connectivity index (χ3n) is 4.00. The molecule has 1 aliphatic heterocycles. The Morgan fingerprint density at radius 1 is 1.37 bits per heavy atom. The molecule has 0 aliphatic carbocycles. The van der Waals surface area contributed by atoms with Crippen LogP contribution in [0.1, 0.15) is 29.5 Å². The molecule has 1 fully saturated rings. The molecule has 0 radical (unpaired) electrons. The number of rotatable bonds is 7. The Bertz CT molecular complexity index is 793. The van der Waals surface area contributed by atoms with Gasteiger partial charge < -0.3 is 25.1 Å². The normalized spacial score (nSPS) is 20.0. The standard InChI is InChI=1S/C18H20N4O5/c1-11(21-17(25)15-19-7-8-20-15)16(24)22-13-9-14(23)27-18(13)26-10-12-5-3-2-4-6-12/h2-8,11,13,18H,9-10H2,1H3,(H,19,20)(H,21,25)(H,22,24)/t11-,13?,18?/m0/s1. The highest BCUT2D eigenvalue weighted by Crippen LogP contribution is 2.18. The molecular formula is C18H20N4O5. The predicted molar refractivity (Wildman–Crippen MR) is 93.2 cm³/mol. The first-order valence-electron chi connectivity index (χ1n) is 8.48. The number of hydrogen-bond donors (Lipinski definition) is 3. The van der Waals surface area contributed by atoms with Crippen LogP contribution < -0.4 is 10.6 Å². The summed E-state index contributed by atoms with van der Waals surface area (Å²) in [5, 5.41) is 5.22. The summed E-state index contributed by atoms with van der Waals surface area (Å²) in [6.07, 6.45) is 2.07. The quantitative estimate of drug-likeness (QED) is 0.609. The first-order chi connectivity index (χ1) is 13.0. The van der Waals surface area contributed by atoms with Crippen LogP contribution in [0.3, 0.4) is 0 Å². The van der Waals surface area contributed by atoms with E-state index in [4.69, 9.17) is 9.47 Å². The number of imidazole rings is 1. The monoisotopic (exact) mass is 372 g/mol. The third-order valence-corrected chi connectivity index (χ3v) is 4.00. The van der Waals surface area contributed by atoms with Crippen LogP contribution >= 0.6 is 0 Å². The van der Waals surface area contributed by atoms with Crippen LogP contribution in [0, 0.1) is 0 Å². The van der Waals surface area contributed by atoms with Crippen LogP contribution in [0.4, 0.5) is 0 Å². The van der Waals surface area contributed by atoms with Crippen molar-refractivity contribution in [3.05, 3.63) is 54.1 Å². The van der Waals surface area contributed by atoms with E-state index in [1.165, 1.54) is 19.3 Å². The highest BCUT2D eigenvalue weighted by molar-refractivity contribution is 5.94. The minimum absolute atomic E-state index is 0.00401. The van der Waals surface area contributed by atoms with Crippen molar-refractivity contribution in [1.82, 2.24) is 20.6 Å². The molecule has 0 bridgehead atoms. The maximum Gasteiger partial charge on any atom is 0.310 e. The van der Waals surface area contributed by atoms with Gasteiger partial charge in [-0.15, -0.1) is 0 Å². The number of H-pyrrole nitrogens is 1. The van der Waals surface area contributed by atoms with E-state index in [1.807, 2.05) is 30.3 Å². The maximum absolute atomic E-state index is 12.4. The van der Waals surface area contributed by atoms with E-state index in [-0.39, 0.29) is 18.9 Å². The summed E-state index contributed by atoms with van der Waals surface area (Å²) in [4.78, 5) is 42.4. The van der Waals surface area contributed by atoms with Crippen LogP contribution in [0.15, 0.2) is 42.7 Å². The number of nitrogens with zero attached hydrogens (tertiary/aromatic N) is 1. The van der Waals surface area contributed by atoms with Crippen LogP contribution in [-0.2, 0) is 25.7 Å². The zero-order valence-electron chi connectivity index (χ0n) is 14.7. The number of hydrogen-bond acceptors (Lipinski definition) is 6. The van der Waals surface area contributed by atoms with E-state index in [9.17, 15) is 14.4 Å². The van der Waals surface area contributed by atoms with Crippen molar-refractivity contribution in [2.24, 2.45) is 0 Å². The Balaban J connectivity index is 1.53. The van der Waals surface area contributed by atoms with E-state index < -0.39 is 36.2 Å². The highest BCUT2D eigenvalue weighted by Gasteiger charge is 2.37. The van der Waals surface area contributed by atoms with Gasteiger partial charge in [-0.1, -0.05) is 30.3 Å². The summed E-state index contributed by atoms with van der Waals surface area (Å²) < 4.78 is 10.8. The molecule has 27 heavy (non-hydrogen) atoms. The second kappa shape index (κ2) is 8.45. The molecule has 0 saturated carbocycles. The highest BCUT2D eigenvalue weighted by atomic mass is 16.7. The van der Waals surface area contributed by atoms with Crippen LogP contribution in [0.25, 0.3) is 0 Å². The fraction of sp³-hybridized carbons (Fsp3) is 0.333. The van der Waals surface area contributed by atoms with Gasteiger partial charge in [-0.05, 0) is 12.5 Å². The maximum atomic E-state index is 12.4. The van der Waals surface area contributed by atoms with E-state index in [1.54, 1.807) is 0 Å². The average Bonchev–Trinajstić information content (AvgIpc) is 3.31. The number of cyclic esters (lactones) is 1. The minimum atomic E-state index is -0.880. The first kappa shape index (κ1) is 18.6. The minimum Gasteiger partial charge on any atom is -0.433 e. The SMILES string of the molecule is C[C@H](NC(=O)c1ncc[nH]1)C(=O)NC1CC(=O)OC1OCc1ccccc1. The molecule has 1 aliphatic rings. The molecule has 0 spiro atoms. The van der Waals surface area contributed by atoms with Gasteiger partial charge in [-0.3, -0.25) is 14.4 Å². The number of aromatic amines is 1. The Labute approximate surface area is 155 Å². The molecule has 9 heteroatoms. The Morgan fingerprint density at radius 2 is 2.15 bits per heavy atom. The Morgan fingerprint density at radius 3 is 2.85 bits per heavy atom. The molecule has 9 nitrogen and oxygen atoms in total. The number of carbonyl (C=O) groups is 3. The second-order valence-corrected chi connectivity index (χ2v) is 6.11. The second-order valence-electron chi connectivity index (χ2n) is 6.11. The lowest BCUT2D eigenvalue weighted by atomic mass is 10.2. The summed E-state index contributed by atoms with van der Waals surface area (Å²) in [6.45, 7) is 1.78. The average molecular weight is 372 g/mol. The lowest BCUT2D eigenvalue weighted by molar-refractivity contribution is -0.168. The van der Waals surface area contributed by atoms with Crippen molar-refractivity contribution in [2.45, 2.75) is 38.3 Å². The van der Waals surface area contributed by atoms with Gasteiger partial charge in [0.25, 0.3) is 5.91 Å². The van der Waals surface area contributed by atoms with Gasteiger partial charge in [-0.25, -0.2) is 4.98 Å². The lowest BCUT2D eigenvalue weighted by Gasteiger charge is -2.21. The summed E-state index contributed by atoms with van der Waals surface area (Å²) in [5.41, 5.74) is 0.921. The number of aromatic nitrogens is 2. The fourth-order valence-corrected chi connectivity index (χ4v) is 2.59.